The highest BCUT2D eigenvalue weighted by Gasteiger charge is 2.25. The number of aliphatic hydroxyl groups excluding tert-OH is 1. The van der Waals surface area contributed by atoms with Gasteiger partial charge in [0, 0.05) is 31.8 Å². The maximum atomic E-state index is 12.1. The number of benzene rings is 2. The monoisotopic (exact) mass is 443 g/mol. The third-order valence-electron chi connectivity index (χ3n) is 4.96. The molecule has 0 radical (unpaired) electrons. The summed E-state index contributed by atoms with van der Waals surface area (Å²) in [6.07, 6.45) is -0.928. The summed E-state index contributed by atoms with van der Waals surface area (Å²) < 4.78 is 5.03. The highest BCUT2D eigenvalue weighted by Crippen LogP contribution is 2.16. The Labute approximate surface area is 189 Å². The second-order valence-corrected chi connectivity index (χ2v) is 8.24. The maximum Gasteiger partial charge on any atom is 0.407 e. The number of aliphatic hydroxyl groups is 1. The number of hydrogen-bond donors (Lipinski definition) is 2. The van der Waals surface area contributed by atoms with Gasteiger partial charge in [0.05, 0.1) is 23.7 Å². The first-order valence-corrected chi connectivity index (χ1v) is 10.9. The van der Waals surface area contributed by atoms with Crippen LogP contribution in [0.4, 0.5) is 10.5 Å². The molecule has 32 heavy (non-hydrogen) atoms. The highest BCUT2D eigenvalue weighted by molar-refractivity contribution is 5.67. The van der Waals surface area contributed by atoms with Crippen LogP contribution < -0.4 is 5.32 Å². The Balaban J connectivity index is 2.13. The number of nitro benzene ring substituents is 1. The average molecular weight is 444 g/mol. The number of carbonyl (C=O) groups is 1. The lowest BCUT2D eigenvalue weighted by atomic mass is 10.0. The van der Waals surface area contributed by atoms with Gasteiger partial charge in [-0.1, -0.05) is 56.3 Å². The van der Waals surface area contributed by atoms with Crippen molar-refractivity contribution in [2.24, 2.45) is 5.92 Å². The van der Waals surface area contributed by atoms with Crippen molar-refractivity contribution < 1.29 is 19.6 Å². The summed E-state index contributed by atoms with van der Waals surface area (Å²) >= 11 is 0. The van der Waals surface area contributed by atoms with E-state index in [4.69, 9.17) is 4.74 Å². The fraction of sp³-hybridized carbons (Fsp3) is 0.458. The number of carbonyl (C=O) groups excluding carboxylic acids is 1. The van der Waals surface area contributed by atoms with E-state index in [1.54, 1.807) is 19.1 Å². The standard InChI is InChI=1S/C24H33N3O5/c1-4-32-24(29)25-22(14-19-8-6-5-7-9-19)23(28)17-26(15-18(2)3)16-20-10-12-21(13-11-20)27(30)31/h5-13,18,22-23,28H,4,14-17H2,1-3H3,(H,25,29). The van der Waals surface area contributed by atoms with Crippen LogP contribution >= 0.6 is 0 Å². The van der Waals surface area contributed by atoms with Crippen molar-refractivity contribution in [1.82, 2.24) is 10.2 Å². The molecule has 2 aromatic rings. The largest absolute Gasteiger partial charge is 0.450 e. The van der Waals surface area contributed by atoms with E-state index in [0.29, 0.717) is 25.4 Å². The SMILES string of the molecule is CCOC(=O)NC(Cc1ccccc1)C(O)CN(Cc1ccc([N+](=O)[O-])cc1)CC(C)C. The predicted octanol–water partition coefficient (Wildman–Crippen LogP) is 3.77. The Morgan fingerprint density at radius 2 is 1.75 bits per heavy atom. The fourth-order valence-electron chi connectivity index (χ4n) is 3.57. The number of hydrogen-bond acceptors (Lipinski definition) is 6. The zero-order chi connectivity index (χ0) is 23.5. The van der Waals surface area contributed by atoms with E-state index in [0.717, 1.165) is 17.7 Å². The normalized spacial score (nSPS) is 13.1. The van der Waals surface area contributed by atoms with E-state index in [9.17, 15) is 20.0 Å². The molecule has 0 fully saturated rings. The highest BCUT2D eigenvalue weighted by atomic mass is 16.6. The van der Waals surface area contributed by atoms with E-state index in [2.05, 4.69) is 24.1 Å². The van der Waals surface area contributed by atoms with Crippen molar-refractivity contribution in [3.8, 4) is 0 Å². The topological polar surface area (TPSA) is 105 Å². The number of nitrogens with zero attached hydrogens (tertiary/aromatic N) is 2. The molecule has 0 spiro atoms. The van der Waals surface area contributed by atoms with Gasteiger partial charge in [-0.25, -0.2) is 4.79 Å². The lowest BCUT2D eigenvalue weighted by molar-refractivity contribution is -0.384. The number of amides is 1. The van der Waals surface area contributed by atoms with Gasteiger partial charge in [-0.2, -0.15) is 0 Å². The summed E-state index contributed by atoms with van der Waals surface area (Å²) in [5.41, 5.74) is 1.96. The van der Waals surface area contributed by atoms with Gasteiger partial charge in [-0.15, -0.1) is 0 Å². The number of ether oxygens (including phenoxy) is 1. The molecule has 0 bridgehead atoms. The van der Waals surface area contributed by atoms with Gasteiger partial charge >= 0.3 is 6.09 Å². The molecule has 2 aromatic carbocycles. The number of alkyl carbamates (subject to hydrolysis) is 1. The van der Waals surface area contributed by atoms with E-state index >= 15 is 0 Å². The average Bonchev–Trinajstić information content (AvgIpc) is 2.74. The summed E-state index contributed by atoms with van der Waals surface area (Å²) in [7, 11) is 0. The van der Waals surface area contributed by atoms with Crippen molar-refractivity contribution in [3.63, 3.8) is 0 Å². The Morgan fingerprint density at radius 1 is 1.09 bits per heavy atom. The lowest BCUT2D eigenvalue weighted by Gasteiger charge is -2.31. The van der Waals surface area contributed by atoms with Crippen LogP contribution in [0, 0.1) is 16.0 Å². The summed E-state index contributed by atoms with van der Waals surface area (Å²) in [4.78, 5) is 24.7. The van der Waals surface area contributed by atoms with Crippen LogP contribution in [0.15, 0.2) is 54.6 Å². The van der Waals surface area contributed by atoms with Crippen LogP contribution in [-0.4, -0.2) is 52.9 Å². The molecule has 2 N–H and O–H groups in total. The first-order valence-electron chi connectivity index (χ1n) is 10.9. The molecule has 0 heterocycles. The number of nitro groups is 1. The van der Waals surface area contributed by atoms with Crippen LogP contribution in [0.5, 0.6) is 0 Å². The second kappa shape index (κ2) is 12.8. The Bertz CT molecular complexity index is 842. The molecule has 2 atom stereocenters. The van der Waals surface area contributed by atoms with Crippen molar-refractivity contribution in [3.05, 3.63) is 75.8 Å². The van der Waals surface area contributed by atoms with E-state index in [-0.39, 0.29) is 12.3 Å². The molecule has 0 saturated heterocycles. The molecule has 0 aromatic heterocycles. The van der Waals surface area contributed by atoms with Gasteiger partial charge in [0.25, 0.3) is 5.69 Å². The van der Waals surface area contributed by atoms with Gasteiger partial charge in [0.15, 0.2) is 0 Å². The third kappa shape index (κ3) is 8.64. The van der Waals surface area contributed by atoms with Gasteiger partial charge < -0.3 is 15.2 Å². The van der Waals surface area contributed by atoms with Crippen molar-refractivity contribution in [1.29, 1.82) is 0 Å². The summed E-state index contributed by atoms with van der Waals surface area (Å²) in [6.45, 7) is 7.76. The van der Waals surface area contributed by atoms with Gasteiger partial charge in [-0.3, -0.25) is 15.0 Å². The van der Waals surface area contributed by atoms with Crippen LogP contribution in [0.3, 0.4) is 0 Å². The number of non-ortho nitro benzene ring substituents is 1. The Kier molecular flexibility index (Phi) is 10.1. The Hall–Kier alpha value is -2.97. The fourth-order valence-corrected chi connectivity index (χ4v) is 3.57. The molecule has 2 unspecified atom stereocenters. The minimum Gasteiger partial charge on any atom is -0.450 e. The first-order chi connectivity index (χ1) is 15.3. The first kappa shape index (κ1) is 25.3. The molecule has 1 amide bonds. The van der Waals surface area contributed by atoms with Crippen LogP contribution in [0.2, 0.25) is 0 Å². The van der Waals surface area contributed by atoms with Gasteiger partial charge in [0.2, 0.25) is 0 Å². The van der Waals surface area contributed by atoms with Crippen LogP contribution in [0.1, 0.15) is 31.9 Å². The minimum absolute atomic E-state index is 0.0470. The second-order valence-electron chi connectivity index (χ2n) is 8.24. The zero-order valence-electron chi connectivity index (χ0n) is 18.9. The molecule has 2 rings (SSSR count). The van der Waals surface area contributed by atoms with E-state index in [1.165, 1.54) is 12.1 Å². The van der Waals surface area contributed by atoms with Crippen molar-refractivity contribution >= 4 is 11.8 Å². The van der Waals surface area contributed by atoms with Crippen LogP contribution in [0.25, 0.3) is 0 Å². The summed E-state index contributed by atoms with van der Waals surface area (Å²) in [5, 5.41) is 24.8. The minimum atomic E-state index is -0.837. The molecule has 0 saturated carbocycles. The number of rotatable bonds is 12. The number of nitrogens with one attached hydrogen (secondary N) is 1. The van der Waals surface area contributed by atoms with Gasteiger partial charge in [0.1, 0.15) is 0 Å². The molecule has 0 aliphatic carbocycles. The van der Waals surface area contributed by atoms with E-state index in [1.807, 2.05) is 30.3 Å². The zero-order valence-corrected chi connectivity index (χ0v) is 18.9. The van der Waals surface area contributed by atoms with Crippen molar-refractivity contribution in [2.75, 3.05) is 19.7 Å². The summed E-state index contributed by atoms with van der Waals surface area (Å²) in [5.74, 6) is 0.353. The quantitative estimate of drug-likeness (QED) is 0.382. The lowest BCUT2D eigenvalue weighted by Crippen LogP contribution is -2.50. The van der Waals surface area contributed by atoms with Crippen LogP contribution in [-0.2, 0) is 17.7 Å². The summed E-state index contributed by atoms with van der Waals surface area (Å²) in [6, 6.07) is 15.6. The van der Waals surface area contributed by atoms with Crippen molar-refractivity contribution in [2.45, 2.75) is 45.9 Å². The molecule has 8 nitrogen and oxygen atoms in total. The van der Waals surface area contributed by atoms with Gasteiger partial charge in [-0.05, 0) is 30.4 Å². The molecule has 8 heteroatoms. The third-order valence-corrected chi connectivity index (χ3v) is 4.96. The molecule has 0 aliphatic rings. The maximum absolute atomic E-state index is 12.1. The molecular formula is C24H33N3O5. The Morgan fingerprint density at radius 3 is 2.31 bits per heavy atom. The van der Waals surface area contributed by atoms with E-state index < -0.39 is 23.2 Å². The molecular weight excluding hydrogens is 410 g/mol. The molecule has 0 aliphatic heterocycles. The molecule has 174 valence electrons. The predicted molar refractivity (Wildman–Crippen MR) is 123 cm³/mol. The smallest absolute Gasteiger partial charge is 0.407 e.